The average molecular weight is 204 g/mol. The second-order valence-electron chi connectivity index (χ2n) is 1.75. The van der Waals surface area contributed by atoms with Crippen LogP contribution in [0.25, 0.3) is 0 Å². The van der Waals surface area contributed by atoms with Gasteiger partial charge < -0.3 is 0 Å². The Morgan fingerprint density at radius 3 is 2.56 bits per heavy atom. The Morgan fingerprint density at radius 1 is 1.44 bits per heavy atom. The van der Waals surface area contributed by atoms with Gasteiger partial charge in [0, 0.05) is 4.47 Å². The molecule has 0 aliphatic heterocycles. The third kappa shape index (κ3) is 1.70. The molecule has 0 aliphatic rings. The van der Waals surface area contributed by atoms with Gasteiger partial charge in [-0.25, -0.2) is 0 Å². The summed E-state index contributed by atoms with van der Waals surface area (Å²) >= 11 is 9.00. The second kappa shape index (κ2) is 2.72. The first-order valence-corrected chi connectivity index (χ1v) is 3.64. The Kier molecular flexibility index (Phi) is 2.14. The van der Waals surface area contributed by atoms with Gasteiger partial charge in [-0.1, -0.05) is 17.7 Å². The molecule has 0 bridgehead atoms. The lowest BCUT2D eigenvalue weighted by molar-refractivity contribution is 1.58. The fraction of sp³-hybridized carbons (Fsp3) is 0. The molecule has 9 heavy (non-hydrogen) atoms. The van der Waals surface area contributed by atoms with Gasteiger partial charge in [0.2, 0.25) is 0 Å². The van der Waals surface area contributed by atoms with Gasteiger partial charge in [-0.15, -0.1) is 0 Å². The van der Waals surface area contributed by atoms with E-state index in [0.717, 1.165) is 10.0 Å². The molecule has 0 heterocycles. The van der Waals surface area contributed by atoms with Crippen LogP contribution in [0.4, 0.5) is 0 Å². The van der Waals surface area contributed by atoms with Gasteiger partial charge in [-0.3, -0.25) is 0 Å². The Balaban J connectivity index is 3.17. The maximum atomic E-state index is 5.73. The minimum atomic E-state index is 0.711. The van der Waals surface area contributed by atoms with E-state index < -0.39 is 0 Å². The molecule has 0 unspecified atom stereocenters. The molecule has 0 amide bonds. The van der Waals surface area contributed by atoms with Crippen LogP contribution in [0.5, 0.6) is 0 Å². The third-order valence-electron chi connectivity index (χ3n) is 0.984. The molecule has 0 N–H and O–H groups in total. The lowest BCUT2D eigenvalue weighted by Crippen LogP contribution is -1.71. The summed E-state index contributed by atoms with van der Waals surface area (Å²) in [6.07, 6.45) is 0. The molecular weight excluding hydrogens is 199 g/mol. The molecule has 47 valence electrons. The molecule has 0 spiro atoms. The van der Waals surface area contributed by atoms with Gasteiger partial charge in [-0.2, -0.15) is 0 Å². The van der Waals surface area contributed by atoms with Gasteiger partial charge in [0.05, 0.1) is 5.02 Å². The van der Waals surface area contributed by atoms with Crippen molar-refractivity contribution >= 4 is 27.5 Å². The zero-order chi connectivity index (χ0) is 6.85. The van der Waals surface area contributed by atoms with Crippen LogP contribution < -0.4 is 0 Å². The largest absolute Gasteiger partial charge is 0.0831 e. The van der Waals surface area contributed by atoms with Crippen molar-refractivity contribution in [3.8, 4) is 0 Å². The van der Waals surface area contributed by atoms with Crippen LogP contribution in [0.2, 0.25) is 5.02 Å². The Labute approximate surface area is 68.0 Å². The lowest BCUT2D eigenvalue weighted by Gasteiger charge is -1.94. The molecule has 1 aromatic carbocycles. The quantitative estimate of drug-likeness (QED) is 0.608. The molecule has 1 rings (SSSR count). The molecule has 0 fully saturated rings. The van der Waals surface area contributed by atoms with Crippen LogP contribution in [0, 0.1) is 6.92 Å². The Bertz CT molecular complexity index is 220. The molecule has 0 aromatic heterocycles. The highest BCUT2D eigenvalue weighted by Crippen LogP contribution is 2.22. The number of benzene rings is 1. The Hall–Kier alpha value is -0.0100. The standard InChI is InChI=1S/C7H5BrCl/c1-5-2-3-6(8)7(9)4-5/h2-4H,1H2. The maximum Gasteiger partial charge on any atom is 0.0550 e. The minimum Gasteiger partial charge on any atom is -0.0831 e. The molecule has 0 nitrogen and oxygen atoms in total. The predicted octanol–water partition coefficient (Wildman–Crippen LogP) is 3.28. The van der Waals surface area contributed by atoms with Crippen LogP contribution >= 0.6 is 27.5 Å². The van der Waals surface area contributed by atoms with Crippen molar-refractivity contribution in [2.75, 3.05) is 0 Å². The van der Waals surface area contributed by atoms with Crippen molar-refractivity contribution in [2.24, 2.45) is 0 Å². The monoisotopic (exact) mass is 203 g/mol. The molecule has 1 aromatic rings. The van der Waals surface area contributed by atoms with Gasteiger partial charge in [0.1, 0.15) is 0 Å². The third-order valence-corrected chi connectivity index (χ3v) is 2.22. The molecule has 1 radical (unpaired) electrons. The summed E-state index contributed by atoms with van der Waals surface area (Å²) in [5, 5.41) is 0.711. The summed E-state index contributed by atoms with van der Waals surface area (Å²) in [4.78, 5) is 0. The minimum absolute atomic E-state index is 0.711. The first-order chi connectivity index (χ1) is 4.20. The fourth-order valence-corrected chi connectivity index (χ4v) is 0.989. The molecule has 0 atom stereocenters. The molecule has 0 saturated heterocycles. The highest BCUT2D eigenvalue weighted by Gasteiger charge is 1.93. The summed E-state index contributed by atoms with van der Waals surface area (Å²) < 4.78 is 0.913. The van der Waals surface area contributed by atoms with E-state index in [9.17, 15) is 0 Å². The first kappa shape index (κ1) is 7.10. The van der Waals surface area contributed by atoms with Gasteiger partial charge in [0.15, 0.2) is 0 Å². The summed E-state index contributed by atoms with van der Waals surface area (Å²) in [5.74, 6) is 0. The SMILES string of the molecule is [CH2]c1ccc(Br)c(Cl)c1. The van der Waals surface area contributed by atoms with Gasteiger partial charge in [-0.05, 0) is 40.5 Å². The topological polar surface area (TPSA) is 0 Å². The van der Waals surface area contributed by atoms with Crippen molar-refractivity contribution in [1.29, 1.82) is 0 Å². The molecule has 0 aliphatic carbocycles. The predicted molar refractivity (Wildman–Crippen MR) is 43.6 cm³/mol. The number of hydrogen-bond acceptors (Lipinski definition) is 0. The number of halogens is 2. The average Bonchev–Trinajstić information content (AvgIpc) is 1.80. The van der Waals surface area contributed by atoms with E-state index in [-0.39, 0.29) is 0 Å². The summed E-state index contributed by atoms with van der Waals surface area (Å²) in [6, 6.07) is 5.59. The normalized spacial score (nSPS) is 9.67. The number of rotatable bonds is 0. The van der Waals surface area contributed by atoms with Gasteiger partial charge in [0.25, 0.3) is 0 Å². The van der Waals surface area contributed by atoms with Crippen molar-refractivity contribution in [1.82, 2.24) is 0 Å². The van der Waals surface area contributed by atoms with Crippen LogP contribution in [-0.2, 0) is 0 Å². The molecule has 2 heteroatoms. The highest BCUT2D eigenvalue weighted by atomic mass is 79.9. The summed E-state index contributed by atoms with van der Waals surface area (Å²) in [5.41, 5.74) is 0.934. The van der Waals surface area contributed by atoms with E-state index in [1.807, 2.05) is 18.2 Å². The second-order valence-corrected chi connectivity index (χ2v) is 3.01. The Morgan fingerprint density at radius 2 is 2.11 bits per heavy atom. The smallest absolute Gasteiger partial charge is 0.0550 e. The summed E-state index contributed by atoms with van der Waals surface area (Å²) in [6.45, 7) is 3.72. The van der Waals surface area contributed by atoms with E-state index in [4.69, 9.17) is 11.6 Å². The van der Waals surface area contributed by atoms with E-state index in [2.05, 4.69) is 22.9 Å². The van der Waals surface area contributed by atoms with E-state index in [1.165, 1.54) is 0 Å². The van der Waals surface area contributed by atoms with Crippen LogP contribution in [-0.4, -0.2) is 0 Å². The van der Waals surface area contributed by atoms with Crippen molar-refractivity contribution < 1.29 is 0 Å². The van der Waals surface area contributed by atoms with Crippen molar-refractivity contribution in [2.45, 2.75) is 0 Å². The van der Waals surface area contributed by atoms with E-state index in [0.29, 0.717) is 5.02 Å². The maximum absolute atomic E-state index is 5.73. The van der Waals surface area contributed by atoms with E-state index in [1.54, 1.807) is 0 Å². The molecular formula is C7H5BrCl. The van der Waals surface area contributed by atoms with Crippen LogP contribution in [0.1, 0.15) is 5.56 Å². The van der Waals surface area contributed by atoms with Crippen LogP contribution in [0.3, 0.4) is 0 Å². The number of hydrogen-bond donors (Lipinski definition) is 0. The first-order valence-electron chi connectivity index (χ1n) is 2.47. The van der Waals surface area contributed by atoms with Crippen molar-refractivity contribution in [3.05, 3.63) is 40.2 Å². The van der Waals surface area contributed by atoms with Crippen LogP contribution in [0.15, 0.2) is 22.7 Å². The zero-order valence-electron chi connectivity index (χ0n) is 4.70. The van der Waals surface area contributed by atoms with Gasteiger partial charge >= 0.3 is 0 Å². The molecule has 0 saturated carbocycles. The lowest BCUT2D eigenvalue weighted by atomic mass is 10.2. The summed E-state index contributed by atoms with van der Waals surface area (Å²) in [7, 11) is 0. The van der Waals surface area contributed by atoms with Crippen molar-refractivity contribution in [3.63, 3.8) is 0 Å². The highest BCUT2D eigenvalue weighted by molar-refractivity contribution is 9.10. The zero-order valence-corrected chi connectivity index (χ0v) is 7.04. The van der Waals surface area contributed by atoms with E-state index >= 15 is 0 Å². The fourth-order valence-electron chi connectivity index (χ4n) is 0.540.